The van der Waals surface area contributed by atoms with Crippen molar-refractivity contribution in [3.63, 3.8) is 0 Å². The molecule has 0 fully saturated rings. The van der Waals surface area contributed by atoms with Crippen LogP contribution in [0.15, 0.2) is 65.7 Å². The van der Waals surface area contributed by atoms with Gasteiger partial charge in [-0.25, -0.2) is 14.6 Å². The van der Waals surface area contributed by atoms with Gasteiger partial charge in [-0.2, -0.15) is 0 Å². The Hall–Kier alpha value is -5.19. The van der Waals surface area contributed by atoms with Gasteiger partial charge in [0.1, 0.15) is 6.04 Å². The van der Waals surface area contributed by atoms with Crippen molar-refractivity contribution < 1.29 is 24.2 Å². The van der Waals surface area contributed by atoms with E-state index in [1.807, 2.05) is 26.0 Å². The van der Waals surface area contributed by atoms with Gasteiger partial charge in [0.05, 0.1) is 23.8 Å². The van der Waals surface area contributed by atoms with Crippen LogP contribution in [0.3, 0.4) is 0 Å². The summed E-state index contributed by atoms with van der Waals surface area (Å²) in [4.78, 5) is 57.5. The minimum absolute atomic E-state index is 0.131. The summed E-state index contributed by atoms with van der Waals surface area (Å²) in [6.07, 6.45) is 1.12. The van der Waals surface area contributed by atoms with Gasteiger partial charge in [-0.05, 0) is 72.0 Å². The number of rotatable bonds is 3. The number of anilines is 2. The fraction of sp³-hybridized carbons (Fsp3) is 0.207. The van der Waals surface area contributed by atoms with E-state index in [9.17, 15) is 24.3 Å². The predicted octanol–water partition coefficient (Wildman–Crippen LogP) is 3.74. The zero-order chi connectivity index (χ0) is 28.4. The Labute approximate surface area is 228 Å². The molecule has 2 aliphatic heterocycles. The molecule has 4 aromatic rings. The van der Waals surface area contributed by atoms with Crippen molar-refractivity contribution in [1.29, 1.82) is 0 Å². The van der Waals surface area contributed by atoms with Crippen LogP contribution < -0.4 is 21.5 Å². The molecule has 1 aromatic heterocycles. The van der Waals surface area contributed by atoms with E-state index in [-0.39, 0.29) is 17.7 Å². The van der Waals surface area contributed by atoms with E-state index in [1.54, 1.807) is 36.4 Å². The molecule has 2 aliphatic rings. The summed E-state index contributed by atoms with van der Waals surface area (Å²) in [5, 5.41) is 18.8. The predicted molar refractivity (Wildman–Crippen MR) is 148 cm³/mol. The highest BCUT2D eigenvalue weighted by Gasteiger charge is 2.29. The van der Waals surface area contributed by atoms with Crippen LogP contribution in [0.1, 0.15) is 39.9 Å². The number of hydrogen-bond donors (Lipinski definition) is 5. The van der Waals surface area contributed by atoms with Crippen LogP contribution in [0.2, 0.25) is 0 Å². The minimum atomic E-state index is -1.41. The second-order valence-corrected chi connectivity index (χ2v) is 9.59. The number of aliphatic carboxylic acids is 1. The van der Waals surface area contributed by atoms with Crippen molar-refractivity contribution in [1.82, 2.24) is 15.3 Å². The Morgan fingerprint density at radius 3 is 2.55 bits per heavy atom. The summed E-state index contributed by atoms with van der Waals surface area (Å²) in [5.74, 6) is -1.87. The molecule has 4 bridgehead atoms. The smallest absolute Gasteiger partial charge is 0.411 e. The molecule has 0 aliphatic carbocycles. The lowest BCUT2D eigenvalue weighted by Crippen LogP contribution is -2.39. The Balaban J connectivity index is 1.60. The molecule has 3 heterocycles. The highest BCUT2D eigenvalue weighted by molar-refractivity contribution is 5.92. The van der Waals surface area contributed by atoms with Gasteiger partial charge >= 0.3 is 12.1 Å². The van der Waals surface area contributed by atoms with E-state index in [4.69, 9.17) is 4.74 Å². The topological polar surface area (TPSA) is 163 Å². The molecule has 2 amide bonds. The Kier molecular flexibility index (Phi) is 7.19. The van der Waals surface area contributed by atoms with E-state index in [1.165, 1.54) is 12.4 Å². The van der Waals surface area contributed by atoms with Crippen LogP contribution in [0.4, 0.5) is 16.2 Å². The lowest BCUT2D eigenvalue weighted by atomic mass is 9.93. The maximum absolute atomic E-state index is 13.8. The fourth-order valence-electron chi connectivity index (χ4n) is 4.92. The summed E-state index contributed by atoms with van der Waals surface area (Å²) in [7, 11) is 0. The van der Waals surface area contributed by atoms with Crippen molar-refractivity contribution >= 4 is 40.2 Å². The molecule has 0 saturated carbocycles. The number of aromatic nitrogens is 2. The van der Waals surface area contributed by atoms with Gasteiger partial charge in [-0.3, -0.25) is 14.9 Å². The lowest BCUT2D eigenvalue weighted by Gasteiger charge is -2.25. The highest BCUT2D eigenvalue weighted by Crippen LogP contribution is 2.28. The zero-order valence-corrected chi connectivity index (χ0v) is 21.8. The number of amides is 2. The number of aryl methyl sites for hydroxylation is 2. The number of nitrogens with zero attached hydrogens (tertiary/aromatic N) is 1. The zero-order valence-electron chi connectivity index (χ0n) is 21.8. The molecule has 0 saturated heterocycles. The van der Waals surface area contributed by atoms with Crippen molar-refractivity contribution in [2.45, 2.75) is 32.4 Å². The number of carboxylic acid groups (broad SMARTS) is 1. The second kappa shape index (κ2) is 10.9. The molecule has 0 unspecified atom stereocenters. The number of fused-ring (bicyclic) bond motifs is 10. The third-order valence-electron chi connectivity index (χ3n) is 6.85. The van der Waals surface area contributed by atoms with Crippen molar-refractivity contribution in [3.8, 4) is 0 Å². The highest BCUT2D eigenvalue weighted by atomic mass is 16.5. The first-order valence-corrected chi connectivity index (χ1v) is 12.6. The van der Waals surface area contributed by atoms with E-state index in [2.05, 4.69) is 25.9 Å². The fourth-order valence-corrected chi connectivity index (χ4v) is 4.92. The minimum Gasteiger partial charge on any atom is -0.479 e. The van der Waals surface area contributed by atoms with Gasteiger partial charge in [0, 0.05) is 17.8 Å². The first kappa shape index (κ1) is 26.4. The van der Waals surface area contributed by atoms with Crippen molar-refractivity contribution in [2.24, 2.45) is 0 Å². The summed E-state index contributed by atoms with van der Waals surface area (Å²) in [5.41, 5.74) is 4.56. The van der Waals surface area contributed by atoms with Crippen LogP contribution in [-0.4, -0.2) is 39.7 Å². The number of nitrogens with one attached hydrogen (secondary N) is 4. The number of carbonyl (C=O) groups excluding carboxylic acids is 2. The first-order chi connectivity index (χ1) is 19.2. The van der Waals surface area contributed by atoms with Crippen LogP contribution in [-0.2, 0) is 20.7 Å². The molecular weight excluding hydrogens is 514 g/mol. The monoisotopic (exact) mass is 541 g/mol. The Morgan fingerprint density at radius 2 is 1.80 bits per heavy atom. The second-order valence-electron chi connectivity index (χ2n) is 9.59. The van der Waals surface area contributed by atoms with Crippen LogP contribution in [0.5, 0.6) is 0 Å². The van der Waals surface area contributed by atoms with Crippen molar-refractivity contribution in [2.75, 3.05) is 17.2 Å². The normalized spacial score (nSPS) is 17.6. The largest absolute Gasteiger partial charge is 0.479 e. The van der Waals surface area contributed by atoms with Crippen LogP contribution >= 0.6 is 0 Å². The van der Waals surface area contributed by atoms with Crippen LogP contribution in [0.25, 0.3) is 10.9 Å². The molecule has 2 atom stereocenters. The number of benzene rings is 3. The first-order valence-electron chi connectivity index (χ1n) is 12.6. The quantitative estimate of drug-likeness (QED) is 0.262. The summed E-state index contributed by atoms with van der Waals surface area (Å²) < 4.78 is 5.36. The molecule has 5 N–H and O–H groups in total. The maximum Gasteiger partial charge on any atom is 0.411 e. The molecule has 6 rings (SSSR count). The Morgan fingerprint density at radius 1 is 1.02 bits per heavy atom. The molecule has 0 spiro atoms. The molecule has 3 aromatic carbocycles. The van der Waals surface area contributed by atoms with Gasteiger partial charge in [0.15, 0.2) is 6.04 Å². The average Bonchev–Trinajstić information content (AvgIpc) is 2.91. The van der Waals surface area contributed by atoms with Gasteiger partial charge in [0.25, 0.3) is 5.56 Å². The maximum atomic E-state index is 13.8. The third-order valence-corrected chi connectivity index (χ3v) is 6.85. The van der Waals surface area contributed by atoms with E-state index in [0.717, 1.165) is 16.7 Å². The molecule has 40 heavy (non-hydrogen) atoms. The summed E-state index contributed by atoms with van der Waals surface area (Å²) >= 11 is 0. The number of carboxylic acids is 1. The molecule has 11 nitrogen and oxygen atoms in total. The van der Waals surface area contributed by atoms with Gasteiger partial charge < -0.3 is 25.5 Å². The third kappa shape index (κ3) is 5.48. The standard InChI is InChI=1S/C29H27N5O6/c1-15-10-18-11-16(2)21(15)8-9-40-29(39)33-19-5-3-4-17(12-19)25(28(37)38)34-27(36)24(18)32-20-6-7-23-22(13-20)26(35)31-14-30-23/h3-7,10-14,24-25,32H,8-9H2,1-2H3,(H,33,39)(H,34,36)(H,37,38)(H,30,31,35)/t24-,25+/m1/s1. The van der Waals surface area contributed by atoms with Gasteiger partial charge in [0.2, 0.25) is 5.91 Å². The SMILES string of the molecule is Cc1cc2cc(C)c1CCOC(=O)Nc1cccc(c1)[C@@H](C(=O)O)NC(=O)[C@@H]2Nc1ccc2nc[nH]c(=O)c2c1. The van der Waals surface area contributed by atoms with E-state index < -0.39 is 30.1 Å². The molecular formula is C29H27N5O6. The number of carbonyl (C=O) groups is 3. The van der Waals surface area contributed by atoms with Crippen molar-refractivity contribution in [3.05, 3.63) is 99.1 Å². The molecule has 204 valence electrons. The van der Waals surface area contributed by atoms with Gasteiger partial charge in [-0.15, -0.1) is 0 Å². The number of hydrogen-bond acceptors (Lipinski definition) is 7. The number of aromatic amines is 1. The average molecular weight is 542 g/mol. The van der Waals surface area contributed by atoms with Crippen LogP contribution in [0, 0.1) is 13.8 Å². The van der Waals surface area contributed by atoms with E-state index >= 15 is 0 Å². The molecule has 0 radical (unpaired) electrons. The number of H-pyrrole nitrogens is 1. The van der Waals surface area contributed by atoms with E-state index in [0.29, 0.717) is 34.3 Å². The molecule has 11 heteroatoms. The summed E-state index contributed by atoms with van der Waals surface area (Å²) in [6.45, 7) is 3.93. The number of ether oxygens (including phenoxy) is 1. The lowest BCUT2D eigenvalue weighted by molar-refractivity contribution is -0.142. The Bertz CT molecular complexity index is 1680. The summed E-state index contributed by atoms with van der Waals surface area (Å²) in [6, 6.07) is 12.4. The van der Waals surface area contributed by atoms with Gasteiger partial charge in [-0.1, -0.05) is 24.3 Å².